The van der Waals surface area contributed by atoms with Crippen LogP contribution in [-0.4, -0.2) is 17.9 Å². The summed E-state index contributed by atoms with van der Waals surface area (Å²) in [7, 11) is 0. The molecular formula is C10H10ClIOS. The highest BCUT2D eigenvalue weighted by Crippen LogP contribution is 2.21. The monoisotopic (exact) mass is 340 g/mol. The van der Waals surface area contributed by atoms with E-state index in [9.17, 15) is 4.79 Å². The van der Waals surface area contributed by atoms with Crippen LogP contribution in [0.4, 0.5) is 0 Å². The molecule has 0 fully saturated rings. The number of carbonyl (C=O) groups excluding carboxylic acids is 1. The van der Waals surface area contributed by atoms with Crippen LogP contribution < -0.4 is 0 Å². The summed E-state index contributed by atoms with van der Waals surface area (Å²) in [6.45, 7) is 0. The Bertz CT molecular complexity index is 341. The Kier molecular flexibility index (Phi) is 5.26. The molecule has 0 aliphatic rings. The number of carbonyl (C=O) groups is 1. The van der Waals surface area contributed by atoms with Gasteiger partial charge in [-0.2, -0.15) is 0 Å². The minimum atomic E-state index is 0.0708. The average molecular weight is 341 g/mol. The highest BCUT2D eigenvalue weighted by Gasteiger charge is 2.06. The van der Waals surface area contributed by atoms with Gasteiger partial charge < -0.3 is 0 Å². The van der Waals surface area contributed by atoms with Crippen LogP contribution in [0.2, 0.25) is 0 Å². The van der Waals surface area contributed by atoms with Gasteiger partial charge >= 0.3 is 0 Å². The quantitative estimate of drug-likeness (QED) is 0.475. The van der Waals surface area contributed by atoms with Gasteiger partial charge in [-0.15, -0.1) is 23.4 Å². The van der Waals surface area contributed by atoms with Crippen molar-refractivity contribution in [1.29, 1.82) is 0 Å². The Morgan fingerprint density at radius 2 is 2.29 bits per heavy atom. The van der Waals surface area contributed by atoms with Crippen LogP contribution >= 0.6 is 46.0 Å². The summed E-state index contributed by atoms with van der Waals surface area (Å²) in [6.07, 6.45) is 2.48. The zero-order chi connectivity index (χ0) is 10.6. The first-order chi connectivity index (χ1) is 6.67. The molecule has 0 radical (unpaired) electrons. The molecule has 1 nitrogen and oxygen atoms in total. The number of thioether (sulfide) groups is 1. The van der Waals surface area contributed by atoms with E-state index in [0.29, 0.717) is 6.42 Å². The third kappa shape index (κ3) is 3.44. The molecule has 1 rings (SSSR count). The number of rotatable bonds is 4. The fraction of sp³-hybridized carbons (Fsp3) is 0.300. The van der Waals surface area contributed by atoms with Crippen LogP contribution in [0.5, 0.6) is 0 Å². The van der Waals surface area contributed by atoms with Gasteiger partial charge in [0.25, 0.3) is 0 Å². The standard InChI is InChI=1S/C10H10ClIOS/c1-14-9-3-2-7(10(12)5-9)4-8(13)6-11/h2-3,5H,4,6H2,1H3. The Labute approximate surface area is 107 Å². The van der Waals surface area contributed by atoms with Gasteiger partial charge in [0.1, 0.15) is 0 Å². The van der Waals surface area contributed by atoms with Gasteiger partial charge in [0.2, 0.25) is 0 Å². The van der Waals surface area contributed by atoms with E-state index in [1.54, 1.807) is 11.8 Å². The van der Waals surface area contributed by atoms with Crippen molar-refractivity contribution in [3.8, 4) is 0 Å². The molecule has 0 spiro atoms. The smallest absolute Gasteiger partial charge is 0.151 e. The highest BCUT2D eigenvalue weighted by atomic mass is 127. The lowest BCUT2D eigenvalue weighted by molar-refractivity contribution is -0.116. The van der Waals surface area contributed by atoms with Gasteiger partial charge in [0.05, 0.1) is 5.88 Å². The zero-order valence-electron chi connectivity index (χ0n) is 7.72. The second kappa shape index (κ2) is 5.98. The van der Waals surface area contributed by atoms with E-state index in [4.69, 9.17) is 11.6 Å². The van der Waals surface area contributed by atoms with Gasteiger partial charge in [-0.25, -0.2) is 0 Å². The van der Waals surface area contributed by atoms with Crippen molar-refractivity contribution in [3.63, 3.8) is 0 Å². The number of ketones is 1. The molecule has 14 heavy (non-hydrogen) atoms. The maximum absolute atomic E-state index is 11.1. The lowest BCUT2D eigenvalue weighted by Gasteiger charge is -2.04. The Morgan fingerprint density at radius 3 is 2.79 bits per heavy atom. The number of Topliss-reactive ketones (excluding diaryl/α,β-unsaturated/α-hetero) is 1. The molecule has 0 saturated heterocycles. The molecule has 0 unspecified atom stereocenters. The molecule has 0 aliphatic heterocycles. The van der Waals surface area contributed by atoms with Gasteiger partial charge in [-0.1, -0.05) is 6.07 Å². The van der Waals surface area contributed by atoms with E-state index in [2.05, 4.69) is 28.7 Å². The number of hydrogen-bond acceptors (Lipinski definition) is 2. The van der Waals surface area contributed by atoms with Gasteiger partial charge in [0, 0.05) is 14.9 Å². The summed E-state index contributed by atoms with van der Waals surface area (Å²) in [4.78, 5) is 12.4. The van der Waals surface area contributed by atoms with Crippen molar-refractivity contribution in [2.24, 2.45) is 0 Å². The summed E-state index contributed by atoms with van der Waals surface area (Å²) in [5.41, 5.74) is 1.06. The Balaban J connectivity index is 2.83. The average Bonchev–Trinajstić information content (AvgIpc) is 2.20. The number of alkyl halides is 1. The lowest BCUT2D eigenvalue weighted by Crippen LogP contribution is -2.05. The SMILES string of the molecule is CSc1ccc(CC(=O)CCl)c(I)c1. The normalized spacial score (nSPS) is 10.2. The van der Waals surface area contributed by atoms with E-state index in [1.807, 2.05) is 18.4 Å². The summed E-state index contributed by atoms with van der Waals surface area (Å²) in [5.74, 6) is 0.168. The Morgan fingerprint density at radius 1 is 1.57 bits per heavy atom. The Hall–Kier alpha value is 0.260. The van der Waals surface area contributed by atoms with E-state index in [1.165, 1.54) is 4.90 Å². The van der Waals surface area contributed by atoms with Crippen molar-refractivity contribution < 1.29 is 4.79 Å². The molecule has 0 N–H and O–H groups in total. The molecule has 0 aliphatic carbocycles. The van der Waals surface area contributed by atoms with E-state index >= 15 is 0 Å². The first-order valence-corrected chi connectivity index (χ1v) is 6.91. The minimum absolute atomic E-state index is 0.0708. The van der Waals surface area contributed by atoms with E-state index in [0.717, 1.165) is 9.13 Å². The van der Waals surface area contributed by atoms with Crippen molar-refractivity contribution in [2.75, 3.05) is 12.1 Å². The third-order valence-corrected chi connectivity index (χ3v) is 3.82. The number of halogens is 2. The van der Waals surface area contributed by atoms with Crippen molar-refractivity contribution in [2.45, 2.75) is 11.3 Å². The predicted molar refractivity (Wildman–Crippen MR) is 70.4 cm³/mol. The predicted octanol–water partition coefficient (Wildman–Crippen LogP) is 3.36. The second-order valence-corrected chi connectivity index (χ2v) is 5.12. The topological polar surface area (TPSA) is 17.1 Å². The van der Waals surface area contributed by atoms with Gasteiger partial charge in [-0.05, 0) is 46.5 Å². The second-order valence-electron chi connectivity index (χ2n) is 2.81. The lowest BCUT2D eigenvalue weighted by atomic mass is 10.1. The summed E-state index contributed by atoms with van der Waals surface area (Å²) in [5, 5.41) is 0. The zero-order valence-corrected chi connectivity index (χ0v) is 11.4. The third-order valence-electron chi connectivity index (χ3n) is 1.80. The minimum Gasteiger partial charge on any atom is -0.298 e. The molecule has 0 heterocycles. The van der Waals surface area contributed by atoms with Crippen LogP contribution in [-0.2, 0) is 11.2 Å². The first-order valence-electron chi connectivity index (χ1n) is 4.07. The van der Waals surface area contributed by atoms with Crippen LogP contribution in [0.15, 0.2) is 23.1 Å². The molecule has 76 valence electrons. The molecule has 0 bridgehead atoms. The fourth-order valence-electron chi connectivity index (χ4n) is 1.06. The van der Waals surface area contributed by atoms with Crippen molar-refractivity contribution in [3.05, 3.63) is 27.3 Å². The molecular weight excluding hydrogens is 331 g/mol. The maximum atomic E-state index is 11.1. The van der Waals surface area contributed by atoms with Gasteiger partial charge in [0.15, 0.2) is 5.78 Å². The van der Waals surface area contributed by atoms with Gasteiger partial charge in [-0.3, -0.25) is 4.79 Å². The van der Waals surface area contributed by atoms with Crippen molar-refractivity contribution in [1.82, 2.24) is 0 Å². The summed E-state index contributed by atoms with van der Waals surface area (Å²) < 4.78 is 1.13. The van der Waals surface area contributed by atoms with Crippen molar-refractivity contribution >= 4 is 51.7 Å². The maximum Gasteiger partial charge on any atom is 0.151 e. The molecule has 4 heteroatoms. The number of hydrogen-bond donors (Lipinski definition) is 0. The van der Waals surface area contributed by atoms with E-state index < -0.39 is 0 Å². The first kappa shape index (κ1) is 12.3. The fourth-order valence-corrected chi connectivity index (χ4v) is 2.51. The molecule has 0 amide bonds. The van der Waals surface area contributed by atoms with Crippen LogP contribution in [0.1, 0.15) is 5.56 Å². The van der Waals surface area contributed by atoms with Crippen LogP contribution in [0, 0.1) is 3.57 Å². The summed E-state index contributed by atoms with van der Waals surface area (Å²) >= 11 is 9.41. The molecule has 1 aromatic rings. The molecule has 0 aromatic heterocycles. The van der Waals surface area contributed by atoms with Crippen LogP contribution in [0.3, 0.4) is 0 Å². The number of benzene rings is 1. The largest absolute Gasteiger partial charge is 0.298 e. The molecule has 1 aromatic carbocycles. The summed E-state index contributed by atoms with van der Waals surface area (Å²) in [6, 6.07) is 6.11. The van der Waals surface area contributed by atoms with Crippen LogP contribution in [0.25, 0.3) is 0 Å². The molecule has 0 atom stereocenters. The highest BCUT2D eigenvalue weighted by molar-refractivity contribution is 14.1. The van der Waals surface area contributed by atoms with E-state index in [-0.39, 0.29) is 11.7 Å². The molecule has 0 saturated carbocycles.